The van der Waals surface area contributed by atoms with Gasteiger partial charge < -0.3 is 5.32 Å². The van der Waals surface area contributed by atoms with Crippen LogP contribution in [0.5, 0.6) is 0 Å². The van der Waals surface area contributed by atoms with Gasteiger partial charge in [-0.3, -0.25) is 9.79 Å². The number of hydrogen-bond donors (Lipinski definition) is 1. The zero-order chi connectivity index (χ0) is 13.2. The third-order valence-corrected chi connectivity index (χ3v) is 3.24. The number of rotatable bonds is 1. The first kappa shape index (κ1) is 11.9. The molecule has 1 aliphatic rings. The molecule has 1 atom stereocenters. The molecule has 0 radical (unpaired) electrons. The molecule has 19 heavy (non-hydrogen) atoms. The normalized spacial score (nSPS) is 18.1. The van der Waals surface area contributed by atoms with Crippen LogP contribution in [-0.2, 0) is 4.79 Å². The van der Waals surface area contributed by atoms with Crippen molar-refractivity contribution in [2.24, 2.45) is 4.99 Å². The van der Waals surface area contributed by atoms with Crippen LogP contribution in [0, 0.1) is 0 Å². The number of anilines is 1. The molecule has 2 aromatic carbocycles. The fraction of sp³-hybridized carbons (Fsp3) is 0.0667. The highest BCUT2D eigenvalue weighted by atomic mass is 35.5. The molecule has 1 N–H and O–H groups in total. The highest BCUT2D eigenvalue weighted by Gasteiger charge is 2.23. The van der Waals surface area contributed by atoms with E-state index in [1.54, 1.807) is 0 Å². The lowest BCUT2D eigenvalue weighted by atomic mass is 10.0. The van der Waals surface area contributed by atoms with Crippen molar-refractivity contribution >= 4 is 28.9 Å². The van der Waals surface area contributed by atoms with Crippen molar-refractivity contribution in [3.8, 4) is 0 Å². The summed E-state index contributed by atoms with van der Waals surface area (Å²) in [7, 11) is 0. The van der Waals surface area contributed by atoms with Gasteiger partial charge in [0.2, 0.25) is 5.50 Å². The molecular weight excluding hydrogens is 260 g/mol. The third kappa shape index (κ3) is 2.25. The summed E-state index contributed by atoms with van der Waals surface area (Å²) in [6.45, 7) is 0. The smallest absolute Gasteiger partial charge is 0.264 e. The Labute approximate surface area is 115 Å². The number of benzodiazepines with no additional fused rings is 1. The van der Waals surface area contributed by atoms with E-state index in [9.17, 15) is 4.79 Å². The molecule has 0 aromatic heterocycles. The number of halogens is 1. The first-order chi connectivity index (χ1) is 9.25. The fourth-order valence-electron chi connectivity index (χ4n) is 2.06. The van der Waals surface area contributed by atoms with Gasteiger partial charge in [-0.2, -0.15) is 0 Å². The Morgan fingerprint density at radius 2 is 1.68 bits per heavy atom. The van der Waals surface area contributed by atoms with Crippen molar-refractivity contribution in [3.63, 3.8) is 0 Å². The zero-order valence-corrected chi connectivity index (χ0v) is 10.8. The second-order valence-electron chi connectivity index (χ2n) is 4.21. The Bertz CT molecular complexity index is 652. The zero-order valence-electron chi connectivity index (χ0n) is 10.0. The minimum atomic E-state index is -0.914. The summed E-state index contributed by atoms with van der Waals surface area (Å²) in [6.07, 6.45) is 0. The summed E-state index contributed by atoms with van der Waals surface area (Å²) >= 11 is 6.01. The van der Waals surface area contributed by atoms with Gasteiger partial charge in [-0.15, -0.1) is 0 Å². The molecule has 3 rings (SSSR count). The van der Waals surface area contributed by atoms with Gasteiger partial charge in [0.1, 0.15) is 0 Å². The summed E-state index contributed by atoms with van der Waals surface area (Å²) < 4.78 is 0. The van der Waals surface area contributed by atoms with E-state index in [1.807, 2.05) is 54.6 Å². The number of alkyl halides is 1. The number of carbonyl (C=O) groups excluding carboxylic acids is 1. The van der Waals surface area contributed by atoms with Gasteiger partial charge in [0, 0.05) is 11.1 Å². The number of benzene rings is 2. The molecule has 0 bridgehead atoms. The van der Waals surface area contributed by atoms with E-state index in [-0.39, 0.29) is 5.91 Å². The molecule has 4 heteroatoms. The van der Waals surface area contributed by atoms with Crippen LogP contribution in [-0.4, -0.2) is 17.1 Å². The topological polar surface area (TPSA) is 41.5 Å². The first-order valence-corrected chi connectivity index (χ1v) is 6.37. The molecule has 0 fully saturated rings. The predicted molar refractivity (Wildman–Crippen MR) is 76.8 cm³/mol. The maximum Gasteiger partial charge on any atom is 0.264 e. The summed E-state index contributed by atoms with van der Waals surface area (Å²) in [5.41, 5.74) is 2.37. The molecule has 0 spiro atoms. The number of amides is 1. The van der Waals surface area contributed by atoms with E-state index >= 15 is 0 Å². The molecule has 1 heterocycles. The molecule has 1 amide bonds. The Morgan fingerprint density at radius 1 is 1.00 bits per heavy atom. The number of nitrogens with one attached hydrogen (secondary N) is 1. The lowest BCUT2D eigenvalue weighted by Gasteiger charge is -2.09. The lowest BCUT2D eigenvalue weighted by molar-refractivity contribution is -0.115. The van der Waals surface area contributed by atoms with E-state index in [0.29, 0.717) is 0 Å². The van der Waals surface area contributed by atoms with Gasteiger partial charge in [0.15, 0.2) is 0 Å². The summed E-state index contributed by atoms with van der Waals surface area (Å²) in [5.74, 6) is -0.306. The number of fused-ring (bicyclic) bond motifs is 1. The summed E-state index contributed by atoms with van der Waals surface area (Å²) in [6, 6.07) is 17.3. The second kappa shape index (κ2) is 4.86. The second-order valence-corrected chi connectivity index (χ2v) is 4.63. The molecule has 0 aliphatic carbocycles. The molecular formula is C15H11ClN2O. The molecule has 1 aliphatic heterocycles. The monoisotopic (exact) mass is 270 g/mol. The molecule has 94 valence electrons. The maximum atomic E-state index is 11.8. The number of nitrogens with zero attached hydrogens (tertiary/aromatic N) is 1. The van der Waals surface area contributed by atoms with Crippen LogP contribution in [0.15, 0.2) is 59.6 Å². The molecule has 0 saturated carbocycles. The van der Waals surface area contributed by atoms with E-state index in [2.05, 4.69) is 10.3 Å². The summed E-state index contributed by atoms with van der Waals surface area (Å²) in [5, 5.41) is 2.79. The minimum Gasteiger partial charge on any atom is -0.322 e. The van der Waals surface area contributed by atoms with Crippen molar-refractivity contribution in [3.05, 3.63) is 65.7 Å². The van der Waals surface area contributed by atoms with Crippen LogP contribution in [0.25, 0.3) is 0 Å². The SMILES string of the molecule is O=C1Nc2ccccc2C(c2ccccc2)=NC1Cl. The number of para-hydroxylation sites is 1. The van der Waals surface area contributed by atoms with Crippen molar-refractivity contribution in [1.82, 2.24) is 0 Å². The Hall–Kier alpha value is -2.13. The molecule has 0 saturated heterocycles. The van der Waals surface area contributed by atoms with Gasteiger partial charge in [-0.05, 0) is 6.07 Å². The van der Waals surface area contributed by atoms with Crippen molar-refractivity contribution in [2.45, 2.75) is 5.50 Å². The van der Waals surface area contributed by atoms with Crippen molar-refractivity contribution < 1.29 is 4.79 Å². The quantitative estimate of drug-likeness (QED) is 0.628. The highest BCUT2D eigenvalue weighted by Crippen LogP contribution is 2.24. The minimum absolute atomic E-state index is 0.306. The van der Waals surface area contributed by atoms with E-state index < -0.39 is 5.50 Å². The van der Waals surface area contributed by atoms with Crippen molar-refractivity contribution in [1.29, 1.82) is 0 Å². The van der Waals surface area contributed by atoms with Gasteiger partial charge in [-0.1, -0.05) is 60.1 Å². The Morgan fingerprint density at radius 3 is 2.47 bits per heavy atom. The van der Waals surface area contributed by atoms with Crippen LogP contribution in [0.4, 0.5) is 5.69 Å². The Kier molecular flexibility index (Phi) is 3.05. The predicted octanol–water partition coefficient (Wildman–Crippen LogP) is 3.04. The standard InChI is InChI=1S/C15H11ClN2O/c16-14-15(19)17-12-9-5-4-8-11(12)13(18-14)10-6-2-1-3-7-10/h1-9,14H,(H,17,19). The Balaban J connectivity index is 2.21. The van der Waals surface area contributed by atoms with Gasteiger partial charge >= 0.3 is 0 Å². The number of carbonyl (C=O) groups is 1. The number of hydrogen-bond acceptors (Lipinski definition) is 2. The highest BCUT2D eigenvalue weighted by molar-refractivity contribution is 6.35. The van der Waals surface area contributed by atoms with Crippen LogP contribution in [0.2, 0.25) is 0 Å². The first-order valence-electron chi connectivity index (χ1n) is 5.93. The maximum absolute atomic E-state index is 11.8. The van der Waals surface area contributed by atoms with Gasteiger partial charge in [0.05, 0.1) is 11.4 Å². The fourth-order valence-corrected chi connectivity index (χ4v) is 2.21. The number of aliphatic imine (C=N–C) groups is 1. The summed E-state index contributed by atoms with van der Waals surface area (Å²) in [4.78, 5) is 16.1. The largest absolute Gasteiger partial charge is 0.322 e. The van der Waals surface area contributed by atoms with E-state index in [1.165, 1.54) is 0 Å². The van der Waals surface area contributed by atoms with Crippen LogP contribution < -0.4 is 5.32 Å². The molecule has 3 nitrogen and oxygen atoms in total. The van der Waals surface area contributed by atoms with Crippen LogP contribution in [0.3, 0.4) is 0 Å². The molecule has 1 unspecified atom stereocenters. The average molecular weight is 271 g/mol. The third-order valence-electron chi connectivity index (χ3n) is 2.95. The average Bonchev–Trinajstić information content (AvgIpc) is 2.58. The van der Waals surface area contributed by atoms with Crippen LogP contribution in [0.1, 0.15) is 11.1 Å². The molecule has 2 aromatic rings. The van der Waals surface area contributed by atoms with E-state index in [0.717, 1.165) is 22.5 Å². The van der Waals surface area contributed by atoms with Crippen molar-refractivity contribution in [2.75, 3.05) is 5.32 Å². The van der Waals surface area contributed by atoms with Gasteiger partial charge in [0.25, 0.3) is 5.91 Å². The van der Waals surface area contributed by atoms with E-state index in [4.69, 9.17) is 11.6 Å². The lowest BCUT2D eigenvalue weighted by Crippen LogP contribution is -2.20. The van der Waals surface area contributed by atoms with Gasteiger partial charge in [-0.25, -0.2) is 0 Å². The van der Waals surface area contributed by atoms with Crippen LogP contribution >= 0.6 is 11.6 Å².